The number of ether oxygens (including phenoxy) is 1. The number of nitrogens with zero attached hydrogens (tertiary/aromatic N) is 1. The molecule has 5 atom stereocenters. The van der Waals surface area contributed by atoms with Crippen molar-refractivity contribution in [3.8, 4) is 0 Å². The Labute approximate surface area is 342 Å². The zero-order chi connectivity index (χ0) is 41.2. The Kier molecular flexibility index (Phi) is 31.4. The van der Waals surface area contributed by atoms with E-state index in [1.807, 2.05) is 39.4 Å². The molecule has 1 saturated heterocycles. The van der Waals surface area contributed by atoms with E-state index in [4.69, 9.17) is 13.8 Å². The third-order valence-electron chi connectivity index (χ3n) is 9.59. The van der Waals surface area contributed by atoms with Crippen molar-refractivity contribution in [1.29, 1.82) is 0 Å². The van der Waals surface area contributed by atoms with Gasteiger partial charge in [-0.2, -0.15) is 0 Å². The number of hydrogen-bond donors (Lipinski definition) is 2. The van der Waals surface area contributed by atoms with Gasteiger partial charge >= 0.3 is 0 Å². The number of hydrogen-bond acceptors (Lipinski definition) is 7. The van der Waals surface area contributed by atoms with Gasteiger partial charge in [-0.1, -0.05) is 157 Å². The summed E-state index contributed by atoms with van der Waals surface area (Å²) in [7, 11) is 1.20. The zero-order valence-corrected chi connectivity index (χ0v) is 36.9. The van der Waals surface area contributed by atoms with E-state index in [2.05, 4.69) is 67.8 Å². The standard InChI is InChI=1S/C46H81N2O7P/c1-6-8-10-11-12-13-14-15-16-19-22-25-28-32-35-43(49)42(41-54-56(51,52)53-40-39-48(3,4)5)47-46(50)38-34-30-27-24-21-18-17-20-23-26-29-33-37-45-44(55-45)36-31-9-7-2/h9,18,20-21,23,27,29-33,35,42-45,49H,6-8,10-17,19,22,24-26,28,34,36-41H2,1-5H3,(H-,47,50,51,52)/b21-18-,23-20-,30-27-,31-9-,33-29-,35-32+/t42-,43+,44?,45?/m0/s1. The molecule has 1 rings (SSSR count). The molecule has 1 aliphatic heterocycles. The fourth-order valence-corrected chi connectivity index (χ4v) is 6.70. The fraction of sp³-hybridized carbons (Fsp3) is 0.717. The van der Waals surface area contributed by atoms with Crippen LogP contribution in [0.5, 0.6) is 0 Å². The number of phosphoric ester groups is 1. The van der Waals surface area contributed by atoms with Crippen LogP contribution in [-0.4, -0.2) is 80.8 Å². The molecule has 0 aromatic carbocycles. The van der Waals surface area contributed by atoms with Crippen LogP contribution in [0.1, 0.15) is 149 Å². The maximum atomic E-state index is 12.8. The topological polar surface area (TPSA) is 120 Å². The molecule has 1 fully saturated rings. The predicted molar refractivity (Wildman–Crippen MR) is 232 cm³/mol. The van der Waals surface area contributed by atoms with Crippen LogP contribution < -0.4 is 10.2 Å². The highest BCUT2D eigenvalue weighted by Gasteiger charge is 2.36. The van der Waals surface area contributed by atoms with Crippen LogP contribution in [0.15, 0.2) is 72.9 Å². The van der Waals surface area contributed by atoms with Gasteiger partial charge in [0, 0.05) is 6.42 Å². The minimum atomic E-state index is -4.61. The Hall–Kier alpha value is -2.10. The summed E-state index contributed by atoms with van der Waals surface area (Å²) in [5.74, 6) is -0.285. The van der Waals surface area contributed by atoms with Gasteiger partial charge in [-0.3, -0.25) is 9.36 Å². The predicted octanol–water partition coefficient (Wildman–Crippen LogP) is 10.4. The van der Waals surface area contributed by atoms with Crippen molar-refractivity contribution in [3.05, 3.63) is 72.9 Å². The number of unbranched alkanes of at least 4 members (excludes halogenated alkanes) is 12. The highest BCUT2D eigenvalue weighted by atomic mass is 31.2. The van der Waals surface area contributed by atoms with Gasteiger partial charge in [0.15, 0.2) is 0 Å². The second kappa shape index (κ2) is 33.8. The van der Waals surface area contributed by atoms with Crippen LogP contribution in [-0.2, 0) is 23.1 Å². The van der Waals surface area contributed by atoms with E-state index < -0.39 is 26.6 Å². The molecular formula is C46H81N2O7P. The summed E-state index contributed by atoms with van der Waals surface area (Å²) in [6, 6.07) is -0.932. The van der Waals surface area contributed by atoms with E-state index in [1.165, 1.54) is 64.2 Å². The first-order valence-electron chi connectivity index (χ1n) is 21.9. The van der Waals surface area contributed by atoms with Gasteiger partial charge in [-0.25, -0.2) is 0 Å². The fourth-order valence-electron chi connectivity index (χ4n) is 5.98. The molecule has 0 aromatic rings. The lowest BCUT2D eigenvalue weighted by Crippen LogP contribution is -2.45. The second-order valence-electron chi connectivity index (χ2n) is 16.1. The summed E-state index contributed by atoms with van der Waals surface area (Å²) in [6.07, 6.45) is 47.1. The number of quaternary nitrogens is 1. The number of nitrogens with one attached hydrogen (secondary N) is 1. The number of phosphoric acid groups is 1. The molecule has 3 unspecified atom stereocenters. The normalized spacial score (nSPS) is 18.7. The molecule has 9 nitrogen and oxygen atoms in total. The summed E-state index contributed by atoms with van der Waals surface area (Å²) < 4.78 is 28.8. The summed E-state index contributed by atoms with van der Waals surface area (Å²) in [5.41, 5.74) is 0. The molecule has 322 valence electrons. The first-order valence-corrected chi connectivity index (χ1v) is 23.4. The largest absolute Gasteiger partial charge is 0.756 e. The highest BCUT2D eigenvalue weighted by molar-refractivity contribution is 7.45. The molecule has 1 heterocycles. The van der Waals surface area contributed by atoms with Gasteiger partial charge in [0.2, 0.25) is 5.91 Å². The van der Waals surface area contributed by atoms with E-state index in [1.54, 1.807) is 6.08 Å². The Morgan fingerprint density at radius 2 is 1.25 bits per heavy atom. The van der Waals surface area contributed by atoms with Crippen LogP contribution in [0.4, 0.5) is 0 Å². The third-order valence-corrected chi connectivity index (χ3v) is 10.6. The molecule has 56 heavy (non-hydrogen) atoms. The molecule has 0 aromatic heterocycles. The second-order valence-corrected chi connectivity index (χ2v) is 17.5. The zero-order valence-electron chi connectivity index (χ0n) is 36.0. The average molecular weight is 805 g/mol. The lowest BCUT2D eigenvalue weighted by molar-refractivity contribution is -0.870. The monoisotopic (exact) mass is 805 g/mol. The average Bonchev–Trinajstić information content (AvgIpc) is 3.90. The molecule has 2 N–H and O–H groups in total. The number of carbonyl (C=O) groups is 1. The van der Waals surface area contributed by atoms with Crippen LogP contribution in [0.3, 0.4) is 0 Å². The van der Waals surface area contributed by atoms with Gasteiger partial charge < -0.3 is 33.6 Å². The Bertz CT molecular complexity index is 1210. The van der Waals surface area contributed by atoms with E-state index in [-0.39, 0.29) is 18.9 Å². The van der Waals surface area contributed by atoms with E-state index in [0.717, 1.165) is 57.8 Å². The van der Waals surface area contributed by atoms with Crippen molar-refractivity contribution in [3.63, 3.8) is 0 Å². The van der Waals surface area contributed by atoms with Gasteiger partial charge in [-0.15, -0.1) is 0 Å². The number of carbonyl (C=O) groups excluding carboxylic acids is 1. The Morgan fingerprint density at radius 1 is 0.732 bits per heavy atom. The minimum absolute atomic E-state index is 0.0201. The minimum Gasteiger partial charge on any atom is -0.756 e. The molecule has 10 heteroatoms. The molecule has 0 radical (unpaired) electrons. The van der Waals surface area contributed by atoms with Crippen molar-refractivity contribution >= 4 is 13.7 Å². The maximum absolute atomic E-state index is 12.8. The van der Waals surface area contributed by atoms with Crippen LogP contribution >= 0.6 is 7.82 Å². The van der Waals surface area contributed by atoms with Crippen LogP contribution in [0, 0.1) is 0 Å². The number of epoxide rings is 1. The van der Waals surface area contributed by atoms with Crippen LogP contribution in [0.2, 0.25) is 0 Å². The highest BCUT2D eigenvalue weighted by Crippen LogP contribution is 2.38. The lowest BCUT2D eigenvalue weighted by Gasteiger charge is -2.29. The Morgan fingerprint density at radius 3 is 1.80 bits per heavy atom. The van der Waals surface area contributed by atoms with Crippen LogP contribution in [0.25, 0.3) is 0 Å². The number of aliphatic hydroxyl groups is 1. The third kappa shape index (κ3) is 32.9. The number of aliphatic hydroxyl groups excluding tert-OH is 1. The molecule has 1 amide bonds. The summed E-state index contributed by atoms with van der Waals surface area (Å²) in [5, 5.41) is 13.7. The Balaban J connectivity index is 2.38. The molecule has 0 bridgehead atoms. The van der Waals surface area contributed by atoms with Gasteiger partial charge in [-0.05, 0) is 57.8 Å². The maximum Gasteiger partial charge on any atom is 0.268 e. The quantitative estimate of drug-likeness (QED) is 0.0211. The molecule has 0 aliphatic carbocycles. The lowest BCUT2D eigenvalue weighted by atomic mass is 10.0. The molecular weight excluding hydrogens is 723 g/mol. The van der Waals surface area contributed by atoms with Crippen molar-refractivity contribution in [1.82, 2.24) is 5.32 Å². The van der Waals surface area contributed by atoms with Gasteiger partial charge in [0.05, 0.1) is 52.1 Å². The van der Waals surface area contributed by atoms with Crippen molar-refractivity contribution in [2.24, 2.45) is 0 Å². The molecule has 0 saturated carbocycles. The summed E-state index contributed by atoms with van der Waals surface area (Å²) in [6.45, 7) is 4.44. The first-order chi connectivity index (χ1) is 27.0. The molecule has 0 spiro atoms. The number of amides is 1. The number of likely N-dealkylation sites (N-methyl/N-ethyl adjacent to an activating group) is 1. The van der Waals surface area contributed by atoms with Crippen molar-refractivity contribution < 1.29 is 37.6 Å². The van der Waals surface area contributed by atoms with Crippen molar-refractivity contribution in [2.75, 3.05) is 40.9 Å². The number of rotatable bonds is 37. The first kappa shape index (κ1) is 51.9. The van der Waals surface area contributed by atoms with Gasteiger partial charge in [0.25, 0.3) is 7.82 Å². The van der Waals surface area contributed by atoms with E-state index in [0.29, 0.717) is 29.7 Å². The molecule has 1 aliphatic rings. The van der Waals surface area contributed by atoms with E-state index in [9.17, 15) is 19.4 Å². The number of allylic oxidation sites excluding steroid dienone is 9. The van der Waals surface area contributed by atoms with Gasteiger partial charge in [0.1, 0.15) is 13.2 Å². The summed E-state index contributed by atoms with van der Waals surface area (Å²) >= 11 is 0. The smallest absolute Gasteiger partial charge is 0.268 e. The van der Waals surface area contributed by atoms with Crippen molar-refractivity contribution in [2.45, 2.75) is 173 Å². The van der Waals surface area contributed by atoms with E-state index >= 15 is 0 Å². The summed E-state index contributed by atoms with van der Waals surface area (Å²) in [4.78, 5) is 25.3. The SMILES string of the molecule is CC/C=C\CC1OC1C/C=C\C/C=C\C/C=C\C/C=C\CCC(=O)N[C@@H](COP(=O)([O-])OCC[N+](C)(C)C)[C@H](O)/C=C/CCCCCCCCCCCCCC.